The highest BCUT2D eigenvalue weighted by Crippen LogP contribution is 2.44. The highest BCUT2D eigenvalue weighted by atomic mass is 16.5. The number of ether oxygens (including phenoxy) is 1. The Labute approximate surface area is 189 Å². The van der Waals surface area contributed by atoms with Gasteiger partial charge in [-0.05, 0) is 57.4 Å². The van der Waals surface area contributed by atoms with Crippen molar-refractivity contribution in [2.75, 3.05) is 7.11 Å². The quantitative estimate of drug-likeness (QED) is 0.359. The third-order valence-electron chi connectivity index (χ3n) is 6.71. The third-order valence-corrected chi connectivity index (χ3v) is 6.71. The second-order valence-electron chi connectivity index (χ2n) is 9.01. The molecule has 0 aromatic heterocycles. The van der Waals surface area contributed by atoms with Gasteiger partial charge in [0.1, 0.15) is 0 Å². The number of Topliss-reactive ketones (excluding diaryl/α,β-unsaturated/α-hetero) is 1. The van der Waals surface area contributed by atoms with Gasteiger partial charge in [-0.15, -0.1) is 0 Å². The lowest BCUT2D eigenvalue weighted by molar-refractivity contribution is 0.0600. The van der Waals surface area contributed by atoms with Gasteiger partial charge in [0, 0.05) is 12.0 Å². The SMILES string of the molecule is COC(=O)c1ccc(CC(=O)c2ccc3c(c2)C(c2ccccc2)=CC(C)C3(C)C)cc1. The summed E-state index contributed by atoms with van der Waals surface area (Å²) in [4.78, 5) is 24.8. The molecule has 3 heteroatoms. The second kappa shape index (κ2) is 8.58. The molecule has 0 fully saturated rings. The summed E-state index contributed by atoms with van der Waals surface area (Å²) in [6.45, 7) is 6.78. The molecular weight excluding hydrogens is 396 g/mol. The Balaban J connectivity index is 1.67. The summed E-state index contributed by atoms with van der Waals surface area (Å²) < 4.78 is 4.74. The van der Waals surface area contributed by atoms with Crippen LogP contribution < -0.4 is 0 Å². The monoisotopic (exact) mass is 424 g/mol. The number of hydrogen-bond acceptors (Lipinski definition) is 3. The molecule has 1 aliphatic carbocycles. The number of fused-ring (bicyclic) bond motifs is 1. The summed E-state index contributed by atoms with van der Waals surface area (Å²) in [6.07, 6.45) is 2.61. The number of carbonyl (C=O) groups is 2. The van der Waals surface area contributed by atoms with Crippen LogP contribution in [0.2, 0.25) is 0 Å². The van der Waals surface area contributed by atoms with Crippen molar-refractivity contribution in [2.24, 2.45) is 5.92 Å². The average Bonchev–Trinajstić information content (AvgIpc) is 2.81. The van der Waals surface area contributed by atoms with E-state index in [1.165, 1.54) is 23.8 Å². The van der Waals surface area contributed by atoms with Gasteiger partial charge in [-0.1, -0.05) is 81.4 Å². The molecule has 4 rings (SSSR count). The van der Waals surface area contributed by atoms with E-state index in [-0.39, 0.29) is 23.6 Å². The Hall–Kier alpha value is -3.46. The Bertz CT molecular complexity index is 1180. The van der Waals surface area contributed by atoms with Crippen LogP contribution in [-0.4, -0.2) is 18.9 Å². The van der Waals surface area contributed by atoms with Crippen molar-refractivity contribution in [3.05, 3.63) is 112 Å². The lowest BCUT2D eigenvalue weighted by Gasteiger charge is -2.38. The largest absolute Gasteiger partial charge is 0.465 e. The van der Waals surface area contributed by atoms with Gasteiger partial charge in [-0.25, -0.2) is 4.79 Å². The minimum atomic E-state index is -0.380. The van der Waals surface area contributed by atoms with E-state index in [1.807, 2.05) is 42.5 Å². The van der Waals surface area contributed by atoms with Crippen LogP contribution in [0.3, 0.4) is 0 Å². The molecular formula is C29H28O3. The van der Waals surface area contributed by atoms with Gasteiger partial charge in [0.05, 0.1) is 12.7 Å². The zero-order valence-electron chi connectivity index (χ0n) is 19.0. The maximum absolute atomic E-state index is 13.1. The van der Waals surface area contributed by atoms with E-state index < -0.39 is 0 Å². The molecule has 0 bridgehead atoms. The van der Waals surface area contributed by atoms with Crippen molar-refractivity contribution >= 4 is 17.3 Å². The van der Waals surface area contributed by atoms with Gasteiger partial charge in [0.2, 0.25) is 0 Å². The van der Waals surface area contributed by atoms with Gasteiger partial charge in [0.15, 0.2) is 5.78 Å². The number of rotatable bonds is 5. The zero-order valence-corrected chi connectivity index (χ0v) is 19.0. The fourth-order valence-corrected chi connectivity index (χ4v) is 4.33. The minimum absolute atomic E-state index is 0.0150. The first-order valence-corrected chi connectivity index (χ1v) is 10.9. The van der Waals surface area contributed by atoms with Crippen molar-refractivity contribution in [3.63, 3.8) is 0 Å². The molecule has 0 heterocycles. The number of hydrogen-bond donors (Lipinski definition) is 0. The summed E-state index contributed by atoms with van der Waals surface area (Å²) in [6, 6.07) is 23.5. The van der Waals surface area contributed by atoms with E-state index in [0.717, 1.165) is 11.1 Å². The van der Waals surface area contributed by atoms with E-state index in [2.05, 4.69) is 45.0 Å². The Morgan fingerprint density at radius 1 is 0.906 bits per heavy atom. The van der Waals surface area contributed by atoms with Gasteiger partial charge < -0.3 is 4.74 Å². The van der Waals surface area contributed by atoms with Crippen LogP contribution in [0.15, 0.2) is 78.9 Å². The average molecular weight is 425 g/mol. The molecule has 1 atom stereocenters. The van der Waals surface area contributed by atoms with Gasteiger partial charge in [0.25, 0.3) is 0 Å². The van der Waals surface area contributed by atoms with Crippen molar-refractivity contribution < 1.29 is 14.3 Å². The number of benzene rings is 3. The number of carbonyl (C=O) groups excluding carboxylic acids is 2. The Morgan fingerprint density at radius 2 is 1.56 bits per heavy atom. The molecule has 0 radical (unpaired) electrons. The molecule has 162 valence electrons. The number of esters is 1. The normalized spacial score (nSPS) is 16.6. The Morgan fingerprint density at radius 3 is 2.22 bits per heavy atom. The van der Waals surface area contributed by atoms with Crippen molar-refractivity contribution in [1.82, 2.24) is 0 Å². The first kappa shape index (κ1) is 21.8. The fourth-order valence-electron chi connectivity index (χ4n) is 4.33. The highest BCUT2D eigenvalue weighted by molar-refractivity contribution is 5.99. The maximum atomic E-state index is 13.1. The van der Waals surface area contributed by atoms with Crippen molar-refractivity contribution in [3.8, 4) is 0 Å². The number of methoxy groups -OCH3 is 1. The summed E-state index contributed by atoms with van der Waals surface area (Å²) in [7, 11) is 1.36. The number of allylic oxidation sites excluding steroid dienone is 1. The summed E-state index contributed by atoms with van der Waals surface area (Å²) >= 11 is 0. The molecule has 0 N–H and O–H groups in total. The first-order valence-electron chi connectivity index (χ1n) is 10.9. The molecule has 3 nitrogen and oxygen atoms in total. The van der Waals surface area contributed by atoms with Crippen molar-refractivity contribution in [2.45, 2.75) is 32.6 Å². The zero-order chi connectivity index (χ0) is 22.9. The molecule has 1 aliphatic rings. The van der Waals surface area contributed by atoms with Gasteiger partial charge in [-0.2, -0.15) is 0 Å². The van der Waals surface area contributed by atoms with Crippen LogP contribution in [0.1, 0.15) is 63.7 Å². The predicted molar refractivity (Wildman–Crippen MR) is 128 cm³/mol. The third kappa shape index (κ3) is 4.03. The van der Waals surface area contributed by atoms with E-state index in [4.69, 9.17) is 4.74 Å². The smallest absolute Gasteiger partial charge is 0.337 e. The lowest BCUT2D eigenvalue weighted by Crippen LogP contribution is -2.30. The van der Waals surface area contributed by atoms with Crippen LogP contribution in [0.5, 0.6) is 0 Å². The van der Waals surface area contributed by atoms with Crippen molar-refractivity contribution in [1.29, 1.82) is 0 Å². The summed E-state index contributed by atoms with van der Waals surface area (Å²) in [5.74, 6) is 0.0529. The van der Waals surface area contributed by atoms with Gasteiger partial charge in [-0.3, -0.25) is 4.79 Å². The number of ketones is 1. The maximum Gasteiger partial charge on any atom is 0.337 e. The fraction of sp³-hybridized carbons (Fsp3) is 0.241. The van der Waals surface area contributed by atoms with Crippen LogP contribution in [-0.2, 0) is 16.6 Å². The van der Waals surface area contributed by atoms with E-state index in [9.17, 15) is 9.59 Å². The lowest BCUT2D eigenvalue weighted by atomic mass is 9.66. The summed E-state index contributed by atoms with van der Waals surface area (Å²) in [5, 5.41) is 0. The van der Waals surface area contributed by atoms with Crippen LogP contribution in [0.4, 0.5) is 0 Å². The molecule has 3 aromatic rings. The van der Waals surface area contributed by atoms with E-state index >= 15 is 0 Å². The van der Waals surface area contributed by atoms with Crippen LogP contribution >= 0.6 is 0 Å². The molecule has 0 amide bonds. The first-order chi connectivity index (χ1) is 15.3. The predicted octanol–water partition coefficient (Wildman–Crippen LogP) is 6.26. The molecule has 0 spiro atoms. The van der Waals surface area contributed by atoms with E-state index in [0.29, 0.717) is 17.0 Å². The minimum Gasteiger partial charge on any atom is -0.465 e. The molecule has 0 aliphatic heterocycles. The van der Waals surface area contributed by atoms with E-state index in [1.54, 1.807) is 12.1 Å². The topological polar surface area (TPSA) is 43.4 Å². The Kier molecular flexibility index (Phi) is 5.84. The standard InChI is InChI=1S/C29H28O3/c1-19-16-24(21-8-6-5-7-9-21)25-18-23(14-15-26(25)29(19,2)3)27(30)17-20-10-12-22(13-11-20)28(31)32-4/h5-16,18-19H,17H2,1-4H3. The molecule has 0 saturated heterocycles. The molecule has 1 unspecified atom stereocenters. The van der Waals surface area contributed by atoms with Crippen LogP contribution in [0, 0.1) is 5.92 Å². The summed E-state index contributed by atoms with van der Waals surface area (Å²) in [5.41, 5.74) is 6.78. The van der Waals surface area contributed by atoms with Crippen LogP contribution in [0.25, 0.3) is 5.57 Å². The highest BCUT2D eigenvalue weighted by Gasteiger charge is 2.34. The second-order valence-corrected chi connectivity index (χ2v) is 9.01. The molecule has 32 heavy (non-hydrogen) atoms. The molecule has 3 aromatic carbocycles. The molecule has 0 saturated carbocycles. The van der Waals surface area contributed by atoms with Gasteiger partial charge >= 0.3 is 5.97 Å².